The Morgan fingerprint density at radius 2 is 1.67 bits per heavy atom. The van der Waals surface area contributed by atoms with E-state index in [1.54, 1.807) is 31.4 Å². The number of methoxy groups -OCH3 is 2. The Morgan fingerprint density at radius 1 is 1.05 bits per heavy atom. The summed E-state index contributed by atoms with van der Waals surface area (Å²) in [5.74, 6) is 0.878. The highest BCUT2D eigenvalue weighted by molar-refractivity contribution is 6.25. The van der Waals surface area contributed by atoms with Crippen LogP contribution in [0.4, 0.5) is 0 Å². The van der Waals surface area contributed by atoms with Crippen molar-refractivity contribution in [3.8, 4) is 11.5 Å². The Hall–Kier alpha value is -2.10. The lowest BCUT2D eigenvalue weighted by atomic mass is 9.74. The van der Waals surface area contributed by atoms with Gasteiger partial charge in [0.2, 0.25) is 0 Å². The molecule has 0 aliphatic heterocycles. The van der Waals surface area contributed by atoms with E-state index in [-0.39, 0.29) is 22.6 Å². The number of carbonyl (C=O) groups is 2. The van der Waals surface area contributed by atoms with E-state index < -0.39 is 0 Å². The van der Waals surface area contributed by atoms with Crippen LogP contribution in [0.1, 0.15) is 32.3 Å². The molecule has 112 valence electrons. The SMILES string of the molecule is COc1cccc(C=C2C(=O)CC(C)(C)CC2=O)c1OC. The van der Waals surface area contributed by atoms with Crippen LogP contribution in [0.25, 0.3) is 6.08 Å². The Balaban J connectivity index is 2.45. The van der Waals surface area contributed by atoms with Crippen LogP contribution < -0.4 is 9.47 Å². The second-order valence-corrected chi connectivity index (χ2v) is 6.00. The van der Waals surface area contributed by atoms with Gasteiger partial charge in [-0.2, -0.15) is 0 Å². The third-order valence-corrected chi connectivity index (χ3v) is 3.61. The van der Waals surface area contributed by atoms with Crippen molar-refractivity contribution < 1.29 is 19.1 Å². The molecular weight excluding hydrogens is 268 g/mol. The molecule has 0 aromatic heterocycles. The number of allylic oxidation sites excluding steroid dienone is 1. The third-order valence-electron chi connectivity index (χ3n) is 3.61. The number of benzene rings is 1. The minimum Gasteiger partial charge on any atom is -0.493 e. The van der Waals surface area contributed by atoms with Crippen molar-refractivity contribution in [3.05, 3.63) is 29.3 Å². The molecule has 2 rings (SSSR count). The summed E-state index contributed by atoms with van der Waals surface area (Å²) in [6.07, 6.45) is 2.38. The summed E-state index contributed by atoms with van der Waals surface area (Å²) in [7, 11) is 3.09. The lowest BCUT2D eigenvalue weighted by molar-refractivity contribution is -0.127. The van der Waals surface area contributed by atoms with Gasteiger partial charge in [0.15, 0.2) is 23.1 Å². The van der Waals surface area contributed by atoms with Crippen molar-refractivity contribution in [1.82, 2.24) is 0 Å². The summed E-state index contributed by atoms with van der Waals surface area (Å²) in [6.45, 7) is 3.87. The van der Waals surface area contributed by atoms with Gasteiger partial charge in [-0.05, 0) is 17.6 Å². The van der Waals surface area contributed by atoms with Crippen LogP contribution >= 0.6 is 0 Å². The first-order chi connectivity index (χ1) is 9.88. The Kier molecular flexibility index (Phi) is 4.16. The number of hydrogen-bond donors (Lipinski definition) is 0. The molecule has 4 heteroatoms. The lowest BCUT2D eigenvalue weighted by Gasteiger charge is -2.28. The molecule has 21 heavy (non-hydrogen) atoms. The van der Waals surface area contributed by atoms with Gasteiger partial charge in [-0.15, -0.1) is 0 Å². The molecule has 0 bridgehead atoms. The van der Waals surface area contributed by atoms with Crippen molar-refractivity contribution in [2.75, 3.05) is 14.2 Å². The molecule has 0 heterocycles. The molecule has 1 aromatic rings. The van der Waals surface area contributed by atoms with Gasteiger partial charge in [-0.3, -0.25) is 9.59 Å². The molecule has 0 radical (unpaired) electrons. The van der Waals surface area contributed by atoms with E-state index in [1.807, 2.05) is 13.8 Å². The molecule has 0 saturated heterocycles. The van der Waals surface area contributed by atoms with E-state index in [4.69, 9.17) is 9.47 Å². The summed E-state index contributed by atoms with van der Waals surface area (Å²) in [4.78, 5) is 24.4. The van der Waals surface area contributed by atoms with Crippen molar-refractivity contribution in [2.45, 2.75) is 26.7 Å². The van der Waals surface area contributed by atoms with Gasteiger partial charge >= 0.3 is 0 Å². The summed E-state index contributed by atoms with van der Waals surface area (Å²) in [5, 5.41) is 0. The van der Waals surface area contributed by atoms with Crippen LogP contribution in [0, 0.1) is 5.41 Å². The Labute approximate surface area is 124 Å². The number of Topliss-reactive ketones (excluding diaryl/α,β-unsaturated/α-hetero) is 2. The number of ketones is 2. The van der Waals surface area contributed by atoms with Gasteiger partial charge in [0.25, 0.3) is 0 Å². The highest BCUT2D eigenvalue weighted by atomic mass is 16.5. The zero-order valence-electron chi connectivity index (χ0n) is 12.9. The normalized spacial score (nSPS) is 17.6. The van der Waals surface area contributed by atoms with Gasteiger partial charge in [0, 0.05) is 18.4 Å². The first kappa shape index (κ1) is 15.3. The predicted molar refractivity (Wildman–Crippen MR) is 80.6 cm³/mol. The second-order valence-electron chi connectivity index (χ2n) is 6.00. The fourth-order valence-corrected chi connectivity index (χ4v) is 2.62. The number of hydrogen-bond acceptors (Lipinski definition) is 4. The average Bonchev–Trinajstić information content (AvgIpc) is 2.41. The van der Waals surface area contributed by atoms with Crippen molar-refractivity contribution in [2.24, 2.45) is 5.41 Å². The van der Waals surface area contributed by atoms with Gasteiger partial charge in [-0.1, -0.05) is 26.0 Å². The van der Waals surface area contributed by atoms with Gasteiger partial charge < -0.3 is 9.47 Å². The van der Waals surface area contributed by atoms with Crippen LogP contribution in [0.15, 0.2) is 23.8 Å². The molecule has 1 aliphatic rings. The fraction of sp³-hybridized carbons (Fsp3) is 0.412. The maximum atomic E-state index is 12.2. The molecule has 0 spiro atoms. The third kappa shape index (κ3) is 3.15. The summed E-state index contributed by atoms with van der Waals surface area (Å²) < 4.78 is 10.6. The molecule has 1 fully saturated rings. The number of ether oxygens (including phenoxy) is 2. The van der Waals surface area contributed by atoms with Crippen molar-refractivity contribution in [1.29, 1.82) is 0 Å². The standard InChI is InChI=1S/C17H20O4/c1-17(2)9-13(18)12(14(19)10-17)8-11-6-5-7-15(20-3)16(11)21-4/h5-8H,9-10H2,1-4H3. The van der Waals surface area contributed by atoms with E-state index in [0.29, 0.717) is 29.9 Å². The smallest absolute Gasteiger partial charge is 0.167 e. The molecule has 1 aromatic carbocycles. The number of para-hydroxylation sites is 1. The zero-order valence-corrected chi connectivity index (χ0v) is 12.9. The molecule has 4 nitrogen and oxygen atoms in total. The van der Waals surface area contributed by atoms with Gasteiger partial charge in [-0.25, -0.2) is 0 Å². The van der Waals surface area contributed by atoms with Crippen LogP contribution in [-0.2, 0) is 9.59 Å². The van der Waals surface area contributed by atoms with E-state index in [2.05, 4.69) is 0 Å². The second kappa shape index (κ2) is 5.72. The van der Waals surface area contributed by atoms with Crippen LogP contribution in [0.2, 0.25) is 0 Å². The molecule has 0 amide bonds. The zero-order chi connectivity index (χ0) is 15.6. The maximum absolute atomic E-state index is 12.2. The lowest BCUT2D eigenvalue weighted by Crippen LogP contribution is -2.31. The molecule has 1 aliphatic carbocycles. The quantitative estimate of drug-likeness (QED) is 0.633. The molecular formula is C17H20O4. The largest absolute Gasteiger partial charge is 0.493 e. The van der Waals surface area contributed by atoms with E-state index in [9.17, 15) is 9.59 Å². The van der Waals surface area contributed by atoms with Crippen LogP contribution in [0.3, 0.4) is 0 Å². The average molecular weight is 288 g/mol. The monoisotopic (exact) mass is 288 g/mol. The maximum Gasteiger partial charge on any atom is 0.167 e. The summed E-state index contributed by atoms with van der Waals surface area (Å²) in [6, 6.07) is 5.37. The molecule has 0 N–H and O–H groups in total. The van der Waals surface area contributed by atoms with Crippen LogP contribution in [-0.4, -0.2) is 25.8 Å². The number of carbonyl (C=O) groups excluding carboxylic acids is 2. The minimum absolute atomic E-state index is 0.110. The van der Waals surface area contributed by atoms with Crippen molar-refractivity contribution >= 4 is 17.6 Å². The topological polar surface area (TPSA) is 52.6 Å². The van der Waals surface area contributed by atoms with E-state index in [0.717, 1.165) is 0 Å². The van der Waals surface area contributed by atoms with Crippen molar-refractivity contribution in [3.63, 3.8) is 0 Å². The van der Waals surface area contributed by atoms with Gasteiger partial charge in [0.1, 0.15) is 0 Å². The van der Waals surface area contributed by atoms with Crippen LogP contribution in [0.5, 0.6) is 11.5 Å². The Morgan fingerprint density at radius 3 is 2.19 bits per heavy atom. The minimum atomic E-state index is -0.260. The first-order valence-electron chi connectivity index (χ1n) is 6.87. The molecule has 0 atom stereocenters. The predicted octanol–water partition coefficient (Wildman–Crippen LogP) is 3.05. The summed E-state index contributed by atoms with van der Waals surface area (Å²) in [5.41, 5.74) is 0.665. The molecule has 0 unspecified atom stereocenters. The highest BCUT2D eigenvalue weighted by Gasteiger charge is 2.35. The number of rotatable bonds is 3. The molecule has 1 saturated carbocycles. The van der Waals surface area contributed by atoms with E-state index in [1.165, 1.54) is 7.11 Å². The highest BCUT2D eigenvalue weighted by Crippen LogP contribution is 2.37. The fourth-order valence-electron chi connectivity index (χ4n) is 2.62. The summed E-state index contributed by atoms with van der Waals surface area (Å²) >= 11 is 0. The Bertz CT molecular complexity index is 589. The van der Waals surface area contributed by atoms with E-state index >= 15 is 0 Å². The van der Waals surface area contributed by atoms with Gasteiger partial charge in [0.05, 0.1) is 19.8 Å². The first-order valence-corrected chi connectivity index (χ1v) is 6.87.